The number of aromatic hydroxyl groups is 1. The van der Waals surface area contributed by atoms with E-state index in [4.69, 9.17) is 9.15 Å². The fourth-order valence-corrected chi connectivity index (χ4v) is 3.22. The Bertz CT molecular complexity index is 887. The van der Waals surface area contributed by atoms with Gasteiger partial charge in [-0.2, -0.15) is 0 Å². The van der Waals surface area contributed by atoms with Gasteiger partial charge in [-0.1, -0.05) is 48.5 Å². The van der Waals surface area contributed by atoms with Gasteiger partial charge < -0.3 is 14.3 Å². The van der Waals surface area contributed by atoms with Crippen LogP contribution in [0.5, 0.6) is 11.5 Å². The maximum Gasteiger partial charge on any atom is 0.353 e. The highest BCUT2D eigenvalue weighted by Crippen LogP contribution is 2.33. The van der Waals surface area contributed by atoms with E-state index in [0.29, 0.717) is 11.5 Å². The Morgan fingerprint density at radius 2 is 1.79 bits per heavy atom. The summed E-state index contributed by atoms with van der Waals surface area (Å²) in [6, 6.07) is 18.2. The second-order valence-corrected chi connectivity index (χ2v) is 6.06. The molecule has 1 heterocycles. The van der Waals surface area contributed by atoms with Crippen LogP contribution in [0.2, 0.25) is 0 Å². The van der Waals surface area contributed by atoms with Crippen LogP contribution in [-0.4, -0.2) is 12.2 Å². The first-order chi connectivity index (χ1) is 11.7. The quantitative estimate of drug-likeness (QED) is 0.701. The van der Waals surface area contributed by atoms with E-state index < -0.39 is 5.63 Å². The van der Waals surface area contributed by atoms with Crippen molar-refractivity contribution in [3.05, 3.63) is 76.6 Å². The molecule has 1 aromatic heterocycles. The predicted molar refractivity (Wildman–Crippen MR) is 94.6 cm³/mol. The van der Waals surface area contributed by atoms with Crippen LogP contribution in [0.1, 0.15) is 5.56 Å². The van der Waals surface area contributed by atoms with E-state index in [1.807, 2.05) is 54.6 Å². The van der Waals surface area contributed by atoms with E-state index in [9.17, 15) is 9.90 Å². The van der Waals surface area contributed by atoms with Crippen LogP contribution >= 0.6 is 11.8 Å². The van der Waals surface area contributed by atoms with Crippen LogP contribution in [0.25, 0.3) is 11.3 Å². The summed E-state index contributed by atoms with van der Waals surface area (Å²) < 4.78 is 10.6. The number of rotatable bonds is 5. The maximum atomic E-state index is 12.2. The van der Waals surface area contributed by atoms with E-state index >= 15 is 0 Å². The number of para-hydroxylation sites is 1. The first-order valence-corrected chi connectivity index (χ1v) is 8.35. The molecule has 0 aliphatic carbocycles. The monoisotopic (exact) mass is 340 g/mol. The second kappa shape index (κ2) is 7.27. The molecule has 0 aliphatic rings. The van der Waals surface area contributed by atoms with Crippen molar-refractivity contribution in [2.45, 2.75) is 10.6 Å². The molecular formula is C19H16O4S. The number of thioether (sulfide) groups is 1. The lowest BCUT2D eigenvalue weighted by Crippen LogP contribution is -2.03. The summed E-state index contributed by atoms with van der Waals surface area (Å²) >= 11 is 1.22. The van der Waals surface area contributed by atoms with Gasteiger partial charge in [0.05, 0.1) is 7.11 Å². The Kier molecular flexibility index (Phi) is 4.91. The minimum atomic E-state index is -0.547. The molecule has 122 valence electrons. The molecule has 0 atom stereocenters. The van der Waals surface area contributed by atoms with Gasteiger partial charge in [0.2, 0.25) is 0 Å². The molecule has 0 amide bonds. The number of benzene rings is 2. The van der Waals surface area contributed by atoms with Crippen molar-refractivity contribution in [1.82, 2.24) is 0 Å². The van der Waals surface area contributed by atoms with Crippen molar-refractivity contribution >= 4 is 11.8 Å². The highest BCUT2D eigenvalue weighted by atomic mass is 32.2. The normalized spacial score (nSPS) is 10.5. The van der Waals surface area contributed by atoms with Crippen molar-refractivity contribution in [2.24, 2.45) is 0 Å². The number of hydrogen-bond acceptors (Lipinski definition) is 5. The molecule has 0 saturated heterocycles. The van der Waals surface area contributed by atoms with Crippen molar-refractivity contribution < 1.29 is 14.3 Å². The zero-order valence-corrected chi connectivity index (χ0v) is 13.9. The summed E-state index contributed by atoms with van der Waals surface area (Å²) in [7, 11) is 1.60. The van der Waals surface area contributed by atoms with Crippen LogP contribution in [0, 0.1) is 0 Å². The third-order valence-corrected chi connectivity index (χ3v) is 4.63. The molecule has 0 radical (unpaired) electrons. The van der Waals surface area contributed by atoms with Crippen LogP contribution in [0.4, 0.5) is 0 Å². The van der Waals surface area contributed by atoms with Gasteiger partial charge in [0.25, 0.3) is 0 Å². The minimum Gasteiger partial charge on any atom is -0.506 e. The number of ether oxygens (including phenoxy) is 1. The van der Waals surface area contributed by atoms with E-state index in [1.54, 1.807) is 7.11 Å². The third kappa shape index (κ3) is 3.46. The van der Waals surface area contributed by atoms with Crippen LogP contribution < -0.4 is 10.4 Å². The topological polar surface area (TPSA) is 59.7 Å². The molecule has 4 nitrogen and oxygen atoms in total. The summed E-state index contributed by atoms with van der Waals surface area (Å²) in [5, 5.41) is 10.2. The predicted octanol–water partition coefficient (Wildman–Crippen LogP) is 4.31. The van der Waals surface area contributed by atoms with E-state index in [2.05, 4.69) is 0 Å². The zero-order chi connectivity index (χ0) is 16.9. The first kappa shape index (κ1) is 16.2. The summed E-state index contributed by atoms with van der Waals surface area (Å²) in [6.45, 7) is 0. The molecule has 3 rings (SSSR count). The number of methoxy groups -OCH3 is 1. The van der Waals surface area contributed by atoms with Gasteiger partial charge in [-0.15, -0.1) is 11.8 Å². The summed E-state index contributed by atoms with van der Waals surface area (Å²) in [5.41, 5.74) is 1.14. The third-order valence-electron chi connectivity index (χ3n) is 3.51. The lowest BCUT2D eigenvalue weighted by atomic mass is 10.1. The zero-order valence-electron chi connectivity index (χ0n) is 13.1. The molecule has 0 saturated carbocycles. The molecule has 2 aromatic carbocycles. The molecule has 0 spiro atoms. The lowest BCUT2D eigenvalue weighted by molar-refractivity contribution is 0.411. The SMILES string of the molecule is COc1ccccc1CSc1c(O)cc(-c2ccccc2)oc1=O. The molecule has 0 aliphatic heterocycles. The highest BCUT2D eigenvalue weighted by molar-refractivity contribution is 7.98. The average molecular weight is 340 g/mol. The van der Waals surface area contributed by atoms with Crippen LogP contribution in [0.3, 0.4) is 0 Å². The molecule has 3 aromatic rings. The van der Waals surface area contributed by atoms with Crippen molar-refractivity contribution in [2.75, 3.05) is 7.11 Å². The van der Waals surface area contributed by atoms with Crippen LogP contribution in [-0.2, 0) is 5.75 Å². The lowest BCUT2D eigenvalue weighted by Gasteiger charge is -2.08. The van der Waals surface area contributed by atoms with Crippen LogP contribution in [0.15, 0.2) is 74.8 Å². The first-order valence-electron chi connectivity index (χ1n) is 7.36. The van der Waals surface area contributed by atoms with Gasteiger partial charge in [-0.25, -0.2) is 4.79 Å². The molecule has 24 heavy (non-hydrogen) atoms. The Morgan fingerprint density at radius 1 is 1.08 bits per heavy atom. The van der Waals surface area contributed by atoms with E-state index in [-0.39, 0.29) is 10.6 Å². The Labute approximate surface area is 143 Å². The largest absolute Gasteiger partial charge is 0.506 e. The standard InChI is InChI=1S/C19H16O4S/c1-22-16-10-6-5-9-14(16)12-24-18-15(20)11-17(23-19(18)21)13-7-3-2-4-8-13/h2-11,20H,12H2,1H3. The van der Waals surface area contributed by atoms with Gasteiger partial charge in [-0.05, 0) is 6.07 Å². The summed E-state index contributed by atoms with van der Waals surface area (Å²) in [4.78, 5) is 12.4. The maximum absolute atomic E-state index is 12.2. The summed E-state index contributed by atoms with van der Waals surface area (Å²) in [6.07, 6.45) is 0. The highest BCUT2D eigenvalue weighted by Gasteiger charge is 2.14. The van der Waals surface area contributed by atoms with Gasteiger partial charge in [-0.3, -0.25) is 0 Å². The molecule has 1 N–H and O–H groups in total. The minimum absolute atomic E-state index is 0.0787. The van der Waals surface area contributed by atoms with Crippen molar-refractivity contribution in [3.63, 3.8) is 0 Å². The average Bonchev–Trinajstić information content (AvgIpc) is 2.62. The van der Waals surface area contributed by atoms with Crippen molar-refractivity contribution in [3.8, 4) is 22.8 Å². The van der Waals surface area contributed by atoms with Gasteiger partial charge >= 0.3 is 5.63 Å². The molecule has 0 fully saturated rings. The van der Waals surface area contributed by atoms with Crippen molar-refractivity contribution in [1.29, 1.82) is 0 Å². The fraction of sp³-hybridized carbons (Fsp3) is 0.105. The smallest absolute Gasteiger partial charge is 0.353 e. The second-order valence-electron chi connectivity index (χ2n) is 5.08. The van der Waals surface area contributed by atoms with Gasteiger partial charge in [0.15, 0.2) is 0 Å². The molecule has 0 unspecified atom stereocenters. The Morgan fingerprint density at radius 3 is 2.50 bits per heavy atom. The van der Waals surface area contributed by atoms with E-state index in [0.717, 1.165) is 16.9 Å². The summed E-state index contributed by atoms with van der Waals surface area (Å²) in [5.74, 6) is 1.51. The molecule has 0 bridgehead atoms. The van der Waals surface area contributed by atoms with E-state index in [1.165, 1.54) is 17.8 Å². The molecule has 5 heteroatoms. The number of hydrogen-bond donors (Lipinski definition) is 1. The Balaban J connectivity index is 1.86. The fourth-order valence-electron chi connectivity index (χ4n) is 2.32. The van der Waals surface area contributed by atoms with Gasteiger partial charge in [0, 0.05) is 22.9 Å². The molecular weight excluding hydrogens is 324 g/mol. The van der Waals surface area contributed by atoms with Gasteiger partial charge in [0.1, 0.15) is 22.2 Å². The Hall–Kier alpha value is -2.66.